The van der Waals surface area contributed by atoms with Gasteiger partial charge in [-0.25, -0.2) is 4.99 Å². The van der Waals surface area contributed by atoms with Crippen LogP contribution in [0.1, 0.15) is 26.7 Å². The fraction of sp³-hybridized carbons (Fsp3) is 0.500. The Balaban J connectivity index is 2.53. The van der Waals surface area contributed by atoms with E-state index in [2.05, 4.69) is 28.7 Å². The quantitative estimate of drug-likeness (QED) is 0.527. The predicted molar refractivity (Wildman–Crippen MR) is 64.5 cm³/mol. The van der Waals surface area contributed by atoms with Crippen molar-refractivity contribution in [1.29, 1.82) is 0 Å². The van der Waals surface area contributed by atoms with Gasteiger partial charge in [-0.3, -0.25) is 4.98 Å². The van der Waals surface area contributed by atoms with Crippen LogP contribution in [-0.2, 0) is 0 Å². The number of rotatable bonds is 6. The second-order valence-electron chi connectivity index (χ2n) is 3.49. The highest BCUT2D eigenvalue weighted by molar-refractivity contribution is 5.60. The maximum atomic E-state index is 4.40. The molecule has 1 aromatic rings. The molecule has 0 fully saturated rings. The second-order valence-corrected chi connectivity index (χ2v) is 3.49. The average molecular weight is 205 g/mol. The van der Waals surface area contributed by atoms with Crippen LogP contribution in [-0.4, -0.2) is 29.3 Å². The van der Waals surface area contributed by atoms with Crippen molar-refractivity contribution in [2.75, 3.05) is 13.1 Å². The summed E-state index contributed by atoms with van der Waals surface area (Å²) in [6.07, 6.45) is 7.76. The van der Waals surface area contributed by atoms with Gasteiger partial charge in [0.1, 0.15) is 0 Å². The van der Waals surface area contributed by atoms with Crippen molar-refractivity contribution < 1.29 is 0 Å². The fourth-order valence-electron chi connectivity index (χ4n) is 1.38. The number of pyridine rings is 1. The first kappa shape index (κ1) is 11.7. The van der Waals surface area contributed by atoms with Crippen LogP contribution in [0.3, 0.4) is 0 Å². The zero-order valence-corrected chi connectivity index (χ0v) is 9.56. The molecule has 0 aliphatic heterocycles. The molecule has 0 unspecified atom stereocenters. The lowest BCUT2D eigenvalue weighted by Crippen LogP contribution is -2.23. The molecule has 0 bridgehead atoms. The van der Waals surface area contributed by atoms with Gasteiger partial charge in [-0.1, -0.05) is 13.8 Å². The van der Waals surface area contributed by atoms with E-state index >= 15 is 0 Å². The van der Waals surface area contributed by atoms with Crippen molar-refractivity contribution >= 4 is 12.0 Å². The van der Waals surface area contributed by atoms with Crippen molar-refractivity contribution in [3.63, 3.8) is 0 Å². The van der Waals surface area contributed by atoms with E-state index < -0.39 is 0 Å². The molecule has 0 atom stereocenters. The number of aliphatic imine (C=N–C) groups is 1. The SMILES string of the molecule is CCCN(C=Nc1ccncc1)CCC. The molecule has 1 heterocycles. The van der Waals surface area contributed by atoms with Gasteiger partial charge < -0.3 is 4.90 Å². The van der Waals surface area contributed by atoms with Crippen LogP contribution in [0.2, 0.25) is 0 Å². The predicted octanol–water partition coefficient (Wildman–Crippen LogP) is 2.86. The molecule has 3 heteroatoms. The summed E-state index contributed by atoms with van der Waals surface area (Å²) in [6, 6.07) is 3.82. The summed E-state index contributed by atoms with van der Waals surface area (Å²) in [7, 11) is 0. The highest BCUT2D eigenvalue weighted by atomic mass is 15.1. The lowest BCUT2D eigenvalue weighted by Gasteiger charge is -2.17. The highest BCUT2D eigenvalue weighted by Crippen LogP contribution is 2.07. The van der Waals surface area contributed by atoms with Crippen LogP contribution in [0, 0.1) is 0 Å². The van der Waals surface area contributed by atoms with E-state index in [9.17, 15) is 0 Å². The molecule has 0 spiro atoms. The van der Waals surface area contributed by atoms with Crippen LogP contribution < -0.4 is 0 Å². The van der Waals surface area contributed by atoms with E-state index in [1.54, 1.807) is 12.4 Å². The minimum atomic E-state index is 0.960. The van der Waals surface area contributed by atoms with Crippen LogP contribution in [0.25, 0.3) is 0 Å². The first-order valence-corrected chi connectivity index (χ1v) is 5.55. The summed E-state index contributed by atoms with van der Waals surface area (Å²) in [5.41, 5.74) is 0.960. The van der Waals surface area contributed by atoms with E-state index in [1.807, 2.05) is 18.5 Å². The van der Waals surface area contributed by atoms with Gasteiger partial charge in [0, 0.05) is 25.5 Å². The Morgan fingerprint density at radius 3 is 2.33 bits per heavy atom. The third-order valence-corrected chi connectivity index (χ3v) is 2.05. The Kier molecular flexibility index (Phi) is 5.44. The molecule has 0 amide bonds. The summed E-state index contributed by atoms with van der Waals surface area (Å²) in [5.74, 6) is 0. The van der Waals surface area contributed by atoms with Crippen molar-refractivity contribution in [3.8, 4) is 0 Å². The largest absolute Gasteiger partial charge is 0.363 e. The maximum absolute atomic E-state index is 4.40. The van der Waals surface area contributed by atoms with Gasteiger partial charge in [0.25, 0.3) is 0 Å². The zero-order chi connectivity index (χ0) is 10.9. The van der Waals surface area contributed by atoms with Gasteiger partial charge in [-0.2, -0.15) is 0 Å². The molecule has 3 nitrogen and oxygen atoms in total. The smallest absolute Gasteiger partial charge is 0.0912 e. The van der Waals surface area contributed by atoms with Gasteiger partial charge in [-0.05, 0) is 25.0 Å². The Morgan fingerprint density at radius 1 is 1.20 bits per heavy atom. The van der Waals surface area contributed by atoms with E-state index in [-0.39, 0.29) is 0 Å². The number of hydrogen-bond acceptors (Lipinski definition) is 2. The first-order chi connectivity index (χ1) is 7.36. The average Bonchev–Trinajstić information content (AvgIpc) is 2.28. The topological polar surface area (TPSA) is 28.5 Å². The normalized spacial score (nSPS) is 10.8. The summed E-state index contributed by atoms with van der Waals surface area (Å²) in [5, 5.41) is 0. The maximum Gasteiger partial charge on any atom is 0.0912 e. The molecular formula is C12H19N3. The third-order valence-electron chi connectivity index (χ3n) is 2.05. The second kappa shape index (κ2) is 6.98. The van der Waals surface area contributed by atoms with E-state index in [1.165, 1.54) is 0 Å². The lowest BCUT2D eigenvalue weighted by molar-refractivity contribution is 0.428. The summed E-state index contributed by atoms with van der Waals surface area (Å²) in [4.78, 5) is 10.6. The summed E-state index contributed by atoms with van der Waals surface area (Å²) >= 11 is 0. The van der Waals surface area contributed by atoms with Crippen molar-refractivity contribution in [3.05, 3.63) is 24.5 Å². The molecule has 15 heavy (non-hydrogen) atoms. The fourth-order valence-corrected chi connectivity index (χ4v) is 1.38. The van der Waals surface area contributed by atoms with E-state index in [0.717, 1.165) is 31.6 Å². The molecule has 0 aliphatic rings. The molecule has 0 aliphatic carbocycles. The summed E-state index contributed by atoms with van der Waals surface area (Å²) in [6.45, 7) is 6.51. The van der Waals surface area contributed by atoms with Crippen molar-refractivity contribution in [2.24, 2.45) is 4.99 Å². The molecule has 1 aromatic heterocycles. The Hall–Kier alpha value is -1.38. The molecule has 0 radical (unpaired) electrons. The van der Waals surface area contributed by atoms with Gasteiger partial charge in [0.2, 0.25) is 0 Å². The Bertz CT molecular complexity index is 276. The molecule has 0 aromatic carbocycles. The number of nitrogens with zero attached hydrogens (tertiary/aromatic N) is 3. The molecule has 0 N–H and O–H groups in total. The Morgan fingerprint density at radius 2 is 1.80 bits per heavy atom. The monoisotopic (exact) mass is 205 g/mol. The van der Waals surface area contributed by atoms with Crippen LogP contribution >= 0.6 is 0 Å². The van der Waals surface area contributed by atoms with E-state index in [4.69, 9.17) is 0 Å². The Labute approximate surface area is 91.9 Å². The zero-order valence-electron chi connectivity index (χ0n) is 9.56. The van der Waals surface area contributed by atoms with Gasteiger partial charge in [-0.15, -0.1) is 0 Å². The summed E-state index contributed by atoms with van der Waals surface area (Å²) < 4.78 is 0. The standard InChI is InChI=1S/C12H19N3/c1-3-9-15(10-4-2)11-14-12-5-7-13-8-6-12/h5-8,11H,3-4,9-10H2,1-2H3. The minimum Gasteiger partial charge on any atom is -0.363 e. The van der Waals surface area contributed by atoms with Crippen LogP contribution in [0.4, 0.5) is 5.69 Å². The minimum absolute atomic E-state index is 0.960. The first-order valence-electron chi connectivity index (χ1n) is 5.55. The van der Waals surface area contributed by atoms with Crippen LogP contribution in [0.5, 0.6) is 0 Å². The van der Waals surface area contributed by atoms with E-state index in [0.29, 0.717) is 0 Å². The third kappa shape index (κ3) is 4.58. The van der Waals surface area contributed by atoms with Crippen LogP contribution in [0.15, 0.2) is 29.5 Å². The lowest BCUT2D eigenvalue weighted by atomic mass is 10.4. The molecule has 82 valence electrons. The van der Waals surface area contributed by atoms with Gasteiger partial charge >= 0.3 is 0 Å². The highest BCUT2D eigenvalue weighted by Gasteiger charge is 1.95. The molecular weight excluding hydrogens is 186 g/mol. The molecule has 0 saturated carbocycles. The number of hydrogen-bond donors (Lipinski definition) is 0. The molecule has 1 rings (SSSR count). The van der Waals surface area contributed by atoms with Crippen molar-refractivity contribution in [1.82, 2.24) is 9.88 Å². The van der Waals surface area contributed by atoms with Crippen molar-refractivity contribution in [2.45, 2.75) is 26.7 Å². The van der Waals surface area contributed by atoms with Gasteiger partial charge in [0.15, 0.2) is 0 Å². The number of aromatic nitrogens is 1. The molecule has 0 saturated heterocycles. The van der Waals surface area contributed by atoms with Gasteiger partial charge in [0.05, 0.1) is 12.0 Å².